The number of alkyl halides is 3. The Bertz CT molecular complexity index is 747. The summed E-state index contributed by atoms with van der Waals surface area (Å²) in [4.78, 5) is 19.2. The normalized spacial score (nSPS) is 20.6. The van der Waals surface area contributed by atoms with Crippen LogP contribution in [0, 0.1) is 5.82 Å². The summed E-state index contributed by atoms with van der Waals surface area (Å²) in [6.45, 7) is 4.52. The van der Waals surface area contributed by atoms with E-state index >= 15 is 0 Å². The van der Waals surface area contributed by atoms with Crippen molar-refractivity contribution in [1.29, 1.82) is 0 Å². The van der Waals surface area contributed by atoms with E-state index < -0.39 is 23.6 Å². The number of aromatic nitrogens is 2. The van der Waals surface area contributed by atoms with Gasteiger partial charge in [0.05, 0.1) is 25.9 Å². The molecule has 2 aliphatic rings. The van der Waals surface area contributed by atoms with Gasteiger partial charge in [-0.1, -0.05) is 0 Å². The van der Waals surface area contributed by atoms with Crippen molar-refractivity contribution < 1.29 is 27.0 Å². The topological polar surface area (TPSA) is 59.8 Å². The number of morpholine rings is 1. The van der Waals surface area contributed by atoms with Gasteiger partial charge in [0.1, 0.15) is 6.04 Å². The Kier molecular flexibility index (Phi) is 6.13. The van der Waals surface area contributed by atoms with E-state index in [4.69, 9.17) is 9.47 Å². The Morgan fingerprint density at radius 3 is 2.54 bits per heavy atom. The number of halogens is 4. The van der Waals surface area contributed by atoms with E-state index in [0.29, 0.717) is 26.3 Å². The molecule has 0 bridgehead atoms. The van der Waals surface area contributed by atoms with Gasteiger partial charge in [0, 0.05) is 26.2 Å². The van der Waals surface area contributed by atoms with Gasteiger partial charge in [-0.05, 0) is 20.3 Å². The maximum atomic E-state index is 14.6. The summed E-state index contributed by atoms with van der Waals surface area (Å²) >= 11 is 0. The van der Waals surface area contributed by atoms with E-state index in [1.807, 2.05) is 0 Å². The predicted octanol–water partition coefficient (Wildman–Crippen LogP) is 1.79. The highest BCUT2D eigenvalue weighted by molar-refractivity contribution is 5.48. The van der Waals surface area contributed by atoms with Crippen LogP contribution >= 0.6 is 0 Å². The smallest absolute Gasteiger partial charge is 0.378 e. The van der Waals surface area contributed by atoms with Gasteiger partial charge in [0.2, 0.25) is 11.8 Å². The zero-order valence-corrected chi connectivity index (χ0v) is 15.8. The van der Waals surface area contributed by atoms with Gasteiger partial charge in [0.15, 0.2) is 5.82 Å². The van der Waals surface area contributed by atoms with Crippen LogP contribution in [-0.2, 0) is 16.0 Å². The van der Waals surface area contributed by atoms with Gasteiger partial charge < -0.3 is 19.3 Å². The fourth-order valence-electron chi connectivity index (χ4n) is 3.44. The Labute approximate surface area is 159 Å². The van der Waals surface area contributed by atoms with Crippen molar-refractivity contribution >= 4 is 11.8 Å². The van der Waals surface area contributed by atoms with Crippen LogP contribution in [0.4, 0.5) is 29.3 Å². The summed E-state index contributed by atoms with van der Waals surface area (Å²) in [6.07, 6.45) is -5.01. The Hall–Kier alpha value is -1.88. The second-order valence-corrected chi connectivity index (χ2v) is 7.06. The fraction of sp³-hybridized carbons (Fsp3) is 0.765. The van der Waals surface area contributed by atoms with Crippen LogP contribution in [0.25, 0.3) is 0 Å². The van der Waals surface area contributed by atoms with Crippen LogP contribution in [-0.4, -0.2) is 67.3 Å². The molecule has 0 N–H and O–H groups in total. The van der Waals surface area contributed by atoms with Crippen molar-refractivity contribution in [3.63, 3.8) is 0 Å². The number of anilines is 2. The molecular formula is C17H24F4N4O3. The fourth-order valence-corrected chi connectivity index (χ4v) is 3.44. The van der Waals surface area contributed by atoms with Crippen molar-refractivity contribution in [2.24, 2.45) is 0 Å². The molecule has 1 aromatic rings. The van der Waals surface area contributed by atoms with Gasteiger partial charge in [-0.25, -0.2) is 0 Å². The van der Waals surface area contributed by atoms with E-state index in [2.05, 4.69) is 4.98 Å². The van der Waals surface area contributed by atoms with E-state index in [0.717, 1.165) is 9.47 Å². The first kappa shape index (κ1) is 20.8. The summed E-state index contributed by atoms with van der Waals surface area (Å²) in [7, 11) is 0. The number of hydrogen-bond acceptors (Lipinski definition) is 6. The first-order valence-corrected chi connectivity index (χ1v) is 9.28. The van der Waals surface area contributed by atoms with Gasteiger partial charge in [-0.3, -0.25) is 9.36 Å². The lowest BCUT2D eigenvalue weighted by atomic mass is 10.1. The van der Waals surface area contributed by atoms with E-state index in [-0.39, 0.29) is 44.0 Å². The molecule has 11 heteroatoms. The minimum atomic E-state index is -4.51. The van der Waals surface area contributed by atoms with Crippen LogP contribution in [0.3, 0.4) is 0 Å². The highest BCUT2D eigenvalue weighted by Crippen LogP contribution is 2.34. The predicted molar refractivity (Wildman–Crippen MR) is 94.4 cm³/mol. The Morgan fingerprint density at radius 1 is 1.25 bits per heavy atom. The zero-order valence-electron chi connectivity index (χ0n) is 15.8. The van der Waals surface area contributed by atoms with Crippen LogP contribution in [0.15, 0.2) is 4.79 Å². The molecule has 1 atom stereocenters. The maximum absolute atomic E-state index is 14.6. The summed E-state index contributed by atoms with van der Waals surface area (Å²) in [5.74, 6) is -1.44. The molecule has 0 saturated carbocycles. The quantitative estimate of drug-likeness (QED) is 0.693. The third-order valence-corrected chi connectivity index (χ3v) is 4.81. The number of fused-ring (bicyclic) bond motifs is 1. The monoisotopic (exact) mass is 408 g/mol. The van der Waals surface area contributed by atoms with Crippen LogP contribution in [0.5, 0.6) is 0 Å². The molecule has 7 nitrogen and oxygen atoms in total. The first-order chi connectivity index (χ1) is 13.2. The maximum Gasteiger partial charge on any atom is 0.408 e. The van der Waals surface area contributed by atoms with Gasteiger partial charge in [0.25, 0.3) is 5.56 Å². The molecule has 0 aliphatic carbocycles. The van der Waals surface area contributed by atoms with E-state index in [9.17, 15) is 22.4 Å². The summed E-state index contributed by atoms with van der Waals surface area (Å²) in [6, 6.07) is -1.81. The van der Waals surface area contributed by atoms with Crippen molar-refractivity contribution in [2.45, 2.75) is 45.1 Å². The molecule has 3 heterocycles. The largest absolute Gasteiger partial charge is 0.408 e. The molecule has 1 saturated heterocycles. The molecule has 1 aromatic heterocycles. The van der Waals surface area contributed by atoms with Gasteiger partial charge in [-0.2, -0.15) is 22.5 Å². The van der Waals surface area contributed by atoms with Gasteiger partial charge in [-0.15, -0.1) is 0 Å². The highest BCUT2D eigenvalue weighted by atomic mass is 19.4. The molecule has 0 amide bonds. The van der Waals surface area contributed by atoms with E-state index in [1.165, 1.54) is 4.90 Å². The number of rotatable bonds is 5. The Balaban J connectivity index is 2.01. The molecule has 0 radical (unpaired) electrons. The van der Waals surface area contributed by atoms with Crippen molar-refractivity contribution in [3.05, 3.63) is 16.2 Å². The molecule has 28 heavy (non-hydrogen) atoms. The molecule has 158 valence electrons. The van der Waals surface area contributed by atoms with Crippen molar-refractivity contribution in [3.8, 4) is 0 Å². The Morgan fingerprint density at radius 2 is 1.93 bits per heavy atom. The van der Waals surface area contributed by atoms with Crippen molar-refractivity contribution in [2.75, 3.05) is 49.3 Å². The van der Waals surface area contributed by atoms with Crippen LogP contribution < -0.4 is 15.4 Å². The van der Waals surface area contributed by atoms with Gasteiger partial charge >= 0.3 is 6.18 Å². The van der Waals surface area contributed by atoms with Crippen molar-refractivity contribution in [1.82, 2.24) is 9.55 Å². The molecule has 3 rings (SSSR count). The third-order valence-electron chi connectivity index (χ3n) is 4.81. The SMILES string of the molecule is CC(C)OCCN1c2nc(N3CCOCC3)c(F)c(=O)n2CCC1C(F)(F)F. The lowest BCUT2D eigenvalue weighted by Gasteiger charge is -2.39. The minimum Gasteiger partial charge on any atom is -0.378 e. The number of ether oxygens (including phenoxy) is 2. The lowest BCUT2D eigenvalue weighted by Crippen LogP contribution is -2.54. The second-order valence-electron chi connectivity index (χ2n) is 7.06. The average Bonchev–Trinajstić information content (AvgIpc) is 2.64. The molecule has 1 unspecified atom stereocenters. The minimum absolute atomic E-state index is 0.0321. The zero-order chi connectivity index (χ0) is 20.5. The number of hydrogen-bond donors (Lipinski definition) is 0. The summed E-state index contributed by atoms with van der Waals surface area (Å²) < 4.78 is 67.1. The second kappa shape index (κ2) is 8.24. The standard InChI is InChI=1S/C17H24F4N4O3/c1-11(2)28-10-7-24-12(17(19,20)21)3-4-25-15(26)13(18)14(22-16(24)25)23-5-8-27-9-6-23/h11-12H,3-10H2,1-2H3. The summed E-state index contributed by atoms with van der Waals surface area (Å²) in [5.41, 5.74) is -0.957. The molecule has 0 spiro atoms. The molecule has 1 fully saturated rings. The molecule has 2 aliphatic heterocycles. The number of nitrogens with zero attached hydrogens (tertiary/aromatic N) is 4. The van der Waals surface area contributed by atoms with Crippen LogP contribution in [0.1, 0.15) is 20.3 Å². The highest BCUT2D eigenvalue weighted by Gasteiger charge is 2.47. The lowest BCUT2D eigenvalue weighted by molar-refractivity contribution is -0.153. The average molecular weight is 408 g/mol. The molecule has 0 aromatic carbocycles. The molecular weight excluding hydrogens is 384 g/mol. The third kappa shape index (κ3) is 4.24. The first-order valence-electron chi connectivity index (χ1n) is 9.28. The van der Waals surface area contributed by atoms with E-state index in [1.54, 1.807) is 13.8 Å². The summed E-state index contributed by atoms with van der Waals surface area (Å²) in [5, 5.41) is 0. The van der Waals surface area contributed by atoms with Crippen LogP contribution in [0.2, 0.25) is 0 Å².